The molecule has 0 spiro atoms. The predicted octanol–water partition coefficient (Wildman–Crippen LogP) is 2.74. The van der Waals surface area contributed by atoms with Gasteiger partial charge in [-0.15, -0.1) is 11.6 Å². The molecule has 0 bridgehead atoms. The highest BCUT2D eigenvalue weighted by Crippen LogP contribution is 2.41. The van der Waals surface area contributed by atoms with E-state index in [4.69, 9.17) is 11.6 Å². The van der Waals surface area contributed by atoms with Gasteiger partial charge in [-0.3, -0.25) is 9.59 Å². The van der Waals surface area contributed by atoms with E-state index in [1.54, 1.807) is 26.2 Å². The minimum atomic E-state index is -3.37. The third-order valence-corrected chi connectivity index (χ3v) is 7.24. The van der Waals surface area contributed by atoms with Crippen LogP contribution in [0.5, 0.6) is 0 Å². The standard InChI is InChI=1S/C23H24ClN3O4S/c1-26(2)23(29)19-12-17-16-6-4-5-7-18(16)25-21(17)22(27(19)20(28)13-24)14-8-10-15(11-9-14)32(3,30)31/h4-11,19,22,25H,12-13H2,1-3H3/t19-,22+/m1/s1. The number of halogens is 1. The van der Waals surface area contributed by atoms with Crippen molar-refractivity contribution in [3.05, 3.63) is 65.4 Å². The van der Waals surface area contributed by atoms with E-state index in [9.17, 15) is 18.0 Å². The van der Waals surface area contributed by atoms with Crippen molar-refractivity contribution in [2.24, 2.45) is 0 Å². The van der Waals surface area contributed by atoms with Crippen LogP contribution in [0.3, 0.4) is 0 Å². The first-order valence-electron chi connectivity index (χ1n) is 10.1. The molecular formula is C23H24ClN3O4S. The van der Waals surface area contributed by atoms with Gasteiger partial charge in [0.15, 0.2) is 9.84 Å². The van der Waals surface area contributed by atoms with Crippen LogP contribution < -0.4 is 0 Å². The SMILES string of the molecule is CN(C)C(=O)[C@H]1Cc2c([nH]c3ccccc23)[C@H](c2ccc(S(C)(=O)=O)cc2)N1C(=O)CCl. The Morgan fingerprint density at radius 1 is 1.12 bits per heavy atom. The van der Waals surface area contributed by atoms with E-state index in [1.165, 1.54) is 21.9 Å². The van der Waals surface area contributed by atoms with Gasteiger partial charge in [-0.2, -0.15) is 0 Å². The predicted molar refractivity (Wildman–Crippen MR) is 123 cm³/mol. The molecule has 2 amide bonds. The van der Waals surface area contributed by atoms with E-state index in [-0.39, 0.29) is 22.6 Å². The normalized spacial score (nSPS) is 18.4. The lowest BCUT2D eigenvalue weighted by molar-refractivity contribution is -0.145. The fourth-order valence-corrected chi connectivity index (χ4v) is 5.17. The second kappa shape index (κ2) is 8.26. The molecule has 2 atom stereocenters. The molecule has 3 aromatic rings. The molecule has 1 N–H and O–H groups in total. The molecule has 1 aliphatic heterocycles. The van der Waals surface area contributed by atoms with Crippen molar-refractivity contribution < 1.29 is 18.0 Å². The Morgan fingerprint density at radius 2 is 1.78 bits per heavy atom. The van der Waals surface area contributed by atoms with Gasteiger partial charge in [0.2, 0.25) is 11.8 Å². The van der Waals surface area contributed by atoms with Crippen LogP contribution in [0.25, 0.3) is 10.9 Å². The fraction of sp³-hybridized carbons (Fsp3) is 0.304. The van der Waals surface area contributed by atoms with Gasteiger partial charge in [-0.1, -0.05) is 30.3 Å². The van der Waals surface area contributed by atoms with Crippen molar-refractivity contribution in [2.75, 3.05) is 26.2 Å². The minimum absolute atomic E-state index is 0.185. The molecule has 2 heterocycles. The number of aromatic amines is 1. The van der Waals surface area contributed by atoms with Crippen molar-refractivity contribution in [3.63, 3.8) is 0 Å². The summed E-state index contributed by atoms with van der Waals surface area (Å²) in [6, 6.07) is 12.9. The number of benzene rings is 2. The van der Waals surface area contributed by atoms with E-state index in [1.807, 2.05) is 24.3 Å². The van der Waals surface area contributed by atoms with E-state index in [0.717, 1.165) is 28.4 Å². The number of hydrogen-bond donors (Lipinski definition) is 1. The van der Waals surface area contributed by atoms with Crippen molar-refractivity contribution in [2.45, 2.75) is 23.4 Å². The molecule has 0 radical (unpaired) electrons. The number of para-hydroxylation sites is 1. The van der Waals surface area contributed by atoms with Gasteiger partial charge in [-0.25, -0.2) is 8.42 Å². The summed E-state index contributed by atoms with van der Waals surface area (Å²) in [5.74, 6) is -0.837. The zero-order valence-corrected chi connectivity index (χ0v) is 19.6. The second-order valence-electron chi connectivity index (χ2n) is 8.19. The molecule has 0 fully saturated rings. The van der Waals surface area contributed by atoms with Gasteiger partial charge in [0.1, 0.15) is 11.9 Å². The van der Waals surface area contributed by atoms with Crippen molar-refractivity contribution in [1.29, 1.82) is 0 Å². The first kappa shape index (κ1) is 22.4. The number of rotatable bonds is 4. The molecule has 0 saturated carbocycles. The van der Waals surface area contributed by atoms with E-state index >= 15 is 0 Å². The Bertz CT molecular complexity index is 1300. The summed E-state index contributed by atoms with van der Waals surface area (Å²) in [7, 11) is -0.0534. The number of aromatic nitrogens is 1. The highest BCUT2D eigenvalue weighted by molar-refractivity contribution is 7.90. The average Bonchev–Trinajstić information content (AvgIpc) is 3.14. The molecule has 0 unspecified atom stereocenters. The molecule has 9 heteroatoms. The minimum Gasteiger partial charge on any atom is -0.356 e. The van der Waals surface area contributed by atoms with Crippen LogP contribution in [0.4, 0.5) is 0 Å². The number of nitrogens with one attached hydrogen (secondary N) is 1. The summed E-state index contributed by atoms with van der Waals surface area (Å²) in [5.41, 5.74) is 3.38. The van der Waals surface area contributed by atoms with Gasteiger partial charge >= 0.3 is 0 Å². The Hall–Kier alpha value is -2.84. The topological polar surface area (TPSA) is 90.6 Å². The average molecular weight is 474 g/mol. The van der Waals surface area contributed by atoms with Crippen LogP contribution in [0.2, 0.25) is 0 Å². The zero-order chi connectivity index (χ0) is 23.2. The van der Waals surface area contributed by atoms with E-state index in [2.05, 4.69) is 4.98 Å². The van der Waals surface area contributed by atoms with Gasteiger partial charge in [0.25, 0.3) is 0 Å². The van der Waals surface area contributed by atoms with Crippen molar-refractivity contribution in [3.8, 4) is 0 Å². The Labute approximate surface area is 191 Å². The molecule has 1 aliphatic rings. The number of sulfone groups is 1. The number of likely N-dealkylation sites (N-methyl/N-ethyl adjacent to an activating group) is 1. The number of H-pyrrole nitrogens is 1. The Morgan fingerprint density at radius 3 is 2.38 bits per heavy atom. The Balaban J connectivity index is 1.96. The summed E-state index contributed by atoms with van der Waals surface area (Å²) in [6.45, 7) is 0. The molecule has 4 rings (SSSR count). The van der Waals surface area contributed by atoms with Crippen molar-refractivity contribution in [1.82, 2.24) is 14.8 Å². The smallest absolute Gasteiger partial charge is 0.245 e. The molecule has 0 aliphatic carbocycles. The second-order valence-corrected chi connectivity index (χ2v) is 10.5. The maximum atomic E-state index is 13.2. The number of amides is 2. The Kier molecular flexibility index (Phi) is 5.77. The highest BCUT2D eigenvalue weighted by atomic mass is 35.5. The molecule has 2 aromatic carbocycles. The number of carbonyl (C=O) groups excluding carboxylic acids is 2. The summed E-state index contributed by atoms with van der Waals surface area (Å²) < 4.78 is 23.9. The number of hydrogen-bond acceptors (Lipinski definition) is 4. The lowest BCUT2D eigenvalue weighted by atomic mass is 9.87. The lowest BCUT2D eigenvalue weighted by Crippen LogP contribution is -2.54. The van der Waals surface area contributed by atoms with Crippen LogP contribution in [0, 0.1) is 0 Å². The first-order chi connectivity index (χ1) is 15.1. The van der Waals surface area contributed by atoms with Gasteiger partial charge < -0.3 is 14.8 Å². The number of nitrogens with zero attached hydrogens (tertiary/aromatic N) is 2. The quantitative estimate of drug-likeness (QED) is 0.590. The van der Waals surface area contributed by atoms with Crippen LogP contribution in [-0.4, -0.2) is 67.3 Å². The fourth-order valence-electron chi connectivity index (χ4n) is 4.40. The van der Waals surface area contributed by atoms with Gasteiger partial charge in [0.05, 0.1) is 10.9 Å². The maximum Gasteiger partial charge on any atom is 0.245 e. The van der Waals surface area contributed by atoms with Gasteiger partial charge in [0, 0.05) is 43.4 Å². The molecule has 0 saturated heterocycles. The van der Waals surface area contributed by atoms with Gasteiger partial charge in [-0.05, 0) is 29.3 Å². The molecule has 7 nitrogen and oxygen atoms in total. The number of alkyl halides is 1. The summed E-state index contributed by atoms with van der Waals surface area (Å²) in [4.78, 5) is 32.8. The first-order valence-corrected chi connectivity index (χ1v) is 12.5. The lowest BCUT2D eigenvalue weighted by Gasteiger charge is -2.42. The zero-order valence-electron chi connectivity index (χ0n) is 18.0. The third kappa shape index (κ3) is 3.78. The summed E-state index contributed by atoms with van der Waals surface area (Å²) >= 11 is 5.97. The van der Waals surface area contributed by atoms with Crippen LogP contribution in [0.1, 0.15) is 22.9 Å². The number of fused-ring (bicyclic) bond motifs is 3. The highest BCUT2D eigenvalue weighted by Gasteiger charge is 2.43. The summed E-state index contributed by atoms with van der Waals surface area (Å²) in [5, 5.41) is 0.995. The number of carbonyl (C=O) groups is 2. The summed E-state index contributed by atoms with van der Waals surface area (Å²) in [6.07, 6.45) is 1.50. The van der Waals surface area contributed by atoms with Crippen LogP contribution >= 0.6 is 11.6 Å². The molecule has 32 heavy (non-hydrogen) atoms. The third-order valence-electron chi connectivity index (χ3n) is 5.88. The molecule has 1 aromatic heterocycles. The molecule has 168 valence electrons. The van der Waals surface area contributed by atoms with Crippen molar-refractivity contribution >= 4 is 44.2 Å². The van der Waals surface area contributed by atoms with E-state index < -0.39 is 21.9 Å². The van der Waals surface area contributed by atoms with Crippen LogP contribution in [-0.2, 0) is 25.8 Å². The monoisotopic (exact) mass is 473 g/mol. The van der Waals surface area contributed by atoms with Crippen LogP contribution in [0.15, 0.2) is 53.4 Å². The molecular weight excluding hydrogens is 450 g/mol. The van der Waals surface area contributed by atoms with E-state index in [0.29, 0.717) is 12.0 Å². The maximum absolute atomic E-state index is 13.2. The largest absolute Gasteiger partial charge is 0.356 e.